The normalized spacial score (nSPS) is 10.8. The maximum Gasteiger partial charge on any atom is 0.224 e. The lowest BCUT2D eigenvalue weighted by molar-refractivity contribution is 0.395. The molecule has 3 rings (SSSR count). The largest absolute Gasteiger partial charge is 0.497 e. The quantitative estimate of drug-likeness (QED) is 0.759. The van der Waals surface area contributed by atoms with Gasteiger partial charge in [-0.2, -0.15) is 9.97 Å². The van der Waals surface area contributed by atoms with Gasteiger partial charge in [0.2, 0.25) is 5.95 Å². The van der Waals surface area contributed by atoms with Crippen molar-refractivity contribution in [1.82, 2.24) is 19.5 Å². The highest BCUT2D eigenvalue weighted by molar-refractivity contribution is 5.87. The van der Waals surface area contributed by atoms with E-state index >= 15 is 0 Å². The molecule has 8 heteroatoms. The first kappa shape index (κ1) is 14.9. The SMILES string of the molecule is COc1ccc(Nc2nc(N)nc3c2nc(C)n3C)c(OC)c1. The number of nitrogen functional groups attached to an aromatic ring is 1. The van der Waals surface area contributed by atoms with Crippen LogP contribution in [0.3, 0.4) is 0 Å². The third-order valence-corrected chi connectivity index (χ3v) is 3.62. The van der Waals surface area contributed by atoms with E-state index in [0.29, 0.717) is 28.5 Å². The zero-order valence-electron chi connectivity index (χ0n) is 13.4. The summed E-state index contributed by atoms with van der Waals surface area (Å²) in [5.41, 5.74) is 7.87. The maximum atomic E-state index is 5.82. The van der Waals surface area contributed by atoms with Gasteiger partial charge in [-0.25, -0.2) is 4.98 Å². The summed E-state index contributed by atoms with van der Waals surface area (Å²) in [6.45, 7) is 1.90. The Morgan fingerprint density at radius 3 is 2.61 bits per heavy atom. The third-order valence-electron chi connectivity index (χ3n) is 3.62. The molecule has 0 unspecified atom stereocenters. The second kappa shape index (κ2) is 5.64. The van der Waals surface area contributed by atoms with E-state index in [1.54, 1.807) is 20.3 Å². The average Bonchev–Trinajstić information content (AvgIpc) is 2.83. The summed E-state index contributed by atoms with van der Waals surface area (Å²) in [6.07, 6.45) is 0. The van der Waals surface area contributed by atoms with Crippen molar-refractivity contribution < 1.29 is 9.47 Å². The lowest BCUT2D eigenvalue weighted by atomic mass is 10.2. The number of hydrogen-bond acceptors (Lipinski definition) is 7. The molecule has 0 amide bonds. The van der Waals surface area contributed by atoms with Crippen molar-refractivity contribution in [1.29, 1.82) is 0 Å². The van der Waals surface area contributed by atoms with E-state index < -0.39 is 0 Å². The van der Waals surface area contributed by atoms with E-state index in [-0.39, 0.29) is 5.95 Å². The van der Waals surface area contributed by atoms with Gasteiger partial charge in [-0.1, -0.05) is 0 Å². The van der Waals surface area contributed by atoms with Crippen molar-refractivity contribution in [2.45, 2.75) is 6.92 Å². The molecule has 3 aromatic rings. The van der Waals surface area contributed by atoms with Crippen molar-refractivity contribution >= 4 is 28.6 Å². The van der Waals surface area contributed by atoms with Crippen LogP contribution in [0.4, 0.5) is 17.5 Å². The number of methoxy groups -OCH3 is 2. The van der Waals surface area contributed by atoms with E-state index in [4.69, 9.17) is 15.2 Å². The van der Waals surface area contributed by atoms with Crippen molar-refractivity contribution in [2.24, 2.45) is 7.05 Å². The number of rotatable bonds is 4. The Morgan fingerprint density at radius 1 is 1.13 bits per heavy atom. The van der Waals surface area contributed by atoms with Crippen molar-refractivity contribution in [3.63, 3.8) is 0 Å². The molecule has 8 nitrogen and oxygen atoms in total. The summed E-state index contributed by atoms with van der Waals surface area (Å²) in [4.78, 5) is 13.0. The molecule has 0 radical (unpaired) electrons. The molecule has 0 saturated carbocycles. The van der Waals surface area contributed by atoms with E-state index in [0.717, 1.165) is 11.5 Å². The minimum absolute atomic E-state index is 0.176. The van der Waals surface area contributed by atoms with Crippen LogP contribution in [0.5, 0.6) is 11.5 Å². The summed E-state index contributed by atoms with van der Waals surface area (Å²) in [6, 6.07) is 5.46. The molecule has 3 N–H and O–H groups in total. The average molecular weight is 314 g/mol. The molecule has 2 aromatic heterocycles. The van der Waals surface area contributed by atoms with Gasteiger partial charge >= 0.3 is 0 Å². The van der Waals surface area contributed by atoms with Crippen molar-refractivity contribution in [2.75, 3.05) is 25.3 Å². The van der Waals surface area contributed by atoms with Gasteiger partial charge in [0.1, 0.15) is 17.3 Å². The molecule has 0 aliphatic rings. The summed E-state index contributed by atoms with van der Waals surface area (Å²) >= 11 is 0. The van der Waals surface area contributed by atoms with Gasteiger partial charge < -0.3 is 25.1 Å². The molecule has 0 atom stereocenters. The number of aromatic nitrogens is 4. The zero-order chi connectivity index (χ0) is 16.6. The summed E-state index contributed by atoms with van der Waals surface area (Å²) in [5, 5.41) is 3.21. The Hall–Kier alpha value is -3.03. The van der Waals surface area contributed by atoms with Gasteiger partial charge in [-0.15, -0.1) is 0 Å². The minimum atomic E-state index is 0.176. The number of nitrogens with two attached hydrogens (primary N) is 1. The Kier molecular flexibility index (Phi) is 3.65. The Bertz CT molecular complexity index is 874. The van der Waals surface area contributed by atoms with E-state index in [1.165, 1.54) is 0 Å². The molecule has 0 aliphatic carbocycles. The predicted molar refractivity (Wildman–Crippen MR) is 88.3 cm³/mol. The molecule has 2 heterocycles. The van der Waals surface area contributed by atoms with Crippen molar-refractivity contribution in [3.05, 3.63) is 24.0 Å². The van der Waals surface area contributed by atoms with Crippen LogP contribution in [0.1, 0.15) is 5.82 Å². The van der Waals surface area contributed by atoms with Crippen LogP contribution in [0.25, 0.3) is 11.2 Å². The van der Waals surface area contributed by atoms with Crippen LogP contribution < -0.4 is 20.5 Å². The lowest BCUT2D eigenvalue weighted by Gasteiger charge is -2.12. The summed E-state index contributed by atoms with van der Waals surface area (Å²) in [5.74, 6) is 2.86. The number of nitrogens with one attached hydrogen (secondary N) is 1. The number of anilines is 3. The first-order valence-electron chi connectivity index (χ1n) is 6.99. The Balaban J connectivity index is 2.10. The second-order valence-corrected chi connectivity index (χ2v) is 5.01. The van der Waals surface area contributed by atoms with E-state index in [1.807, 2.05) is 30.7 Å². The smallest absolute Gasteiger partial charge is 0.224 e. The molecule has 23 heavy (non-hydrogen) atoms. The fourth-order valence-electron chi connectivity index (χ4n) is 2.30. The zero-order valence-corrected chi connectivity index (χ0v) is 13.4. The van der Waals surface area contributed by atoms with Gasteiger partial charge in [0.25, 0.3) is 0 Å². The highest BCUT2D eigenvalue weighted by atomic mass is 16.5. The third kappa shape index (κ3) is 2.59. The van der Waals surface area contributed by atoms with Gasteiger partial charge in [-0.3, -0.25) is 0 Å². The maximum absolute atomic E-state index is 5.82. The monoisotopic (exact) mass is 314 g/mol. The van der Waals surface area contributed by atoms with E-state index in [9.17, 15) is 0 Å². The fraction of sp³-hybridized carbons (Fsp3) is 0.267. The molecule has 0 spiro atoms. The van der Waals surface area contributed by atoms with Crippen LogP contribution in [0.15, 0.2) is 18.2 Å². The highest BCUT2D eigenvalue weighted by Crippen LogP contribution is 2.33. The van der Waals surface area contributed by atoms with Crippen LogP contribution in [0, 0.1) is 6.92 Å². The number of imidazole rings is 1. The number of benzene rings is 1. The van der Waals surface area contributed by atoms with Gasteiger partial charge in [0, 0.05) is 13.1 Å². The molecule has 0 fully saturated rings. The number of aryl methyl sites for hydroxylation is 2. The summed E-state index contributed by atoms with van der Waals surface area (Å²) < 4.78 is 12.5. The van der Waals surface area contributed by atoms with Crippen LogP contribution in [-0.2, 0) is 7.05 Å². The lowest BCUT2D eigenvalue weighted by Crippen LogP contribution is -2.03. The van der Waals surface area contributed by atoms with E-state index in [2.05, 4.69) is 20.3 Å². The van der Waals surface area contributed by atoms with Gasteiger partial charge in [0.05, 0.1) is 19.9 Å². The topological polar surface area (TPSA) is 100 Å². The number of nitrogens with zero attached hydrogens (tertiary/aromatic N) is 4. The first-order valence-corrected chi connectivity index (χ1v) is 6.99. The van der Waals surface area contributed by atoms with Gasteiger partial charge in [0.15, 0.2) is 17.0 Å². The Morgan fingerprint density at radius 2 is 1.91 bits per heavy atom. The number of fused-ring (bicyclic) bond motifs is 1. The van der Waals surface area contributed by atoms with Crippen LogP contribution in [0.2, 0.25) is 0 Å². The highest BCUT2D eigenvalue weighted by Gasteiger charge is 2.15. The van der Waals surface area contributed by atoms with Crippen LogP contribution >= 0.6 is 0 Å². The van der Waals surface area contributed by atoms with Crippen molar-refractivity contribution in [3.8, 4) is 11.5 Å². The molecule has 0 bridgehead atoms. The standard InChI is InChI=1S/C15H18N6O2/c1-8-17-12-13(19-15(16)20-14(12)21(8)2)18-10-6-5-9(22-3)7-11(10)23-4/h5-7H,1-4H3,(H3,16,18,19,20). The van der Waals surface area contributed by atoms with Crippen LogP contribution in [-0.4, -0.2) is 33.7 Å². The first-order chi connectivity index (χ1) is 11.0. The Labute approximate surface area is 133 Å². The van der Waals surface area contributed by atoms with Gasteiger partial charge in [-0.05, 0) is 19.1 Å². The predicted octanol–water partition coefficient (Wildman–Crippen LogP) is 2.01. The number of ether oxygens (including phenoxy) is 2. The molecule has 0 saturated heterocycles. The second-order valence-electron chi connectivity index (χ2n) is 5.01. The fourth-order valence-corrected chi connectivity index (χ4v) is 2.30. The molecule has 1 aromatic carbocycles. The molecule has 120 valence electrons. The molecular formula is C15H18N6O2. The molecule has 0 aliphatic heterocycles. The molecular weight excluding hydrogens is 296 g/mol. The minimum Gasteiger partial charge on any atom is -0.497 e. The summed E-state index contributed by atoms with van der Waals surface area (Å²) in [7, 11) is 5.08. The number of hydrogen-bond donors (Lipinski definition) is 2.